The minimum absolute atomic E-state index is 0.0254. The number of hydrogen-bond acceptors (Lipinski definition) is 5. The molecule has 0 radical (unpaired) electrons. The molecular weight excluding hydrogens is 314 g/mol. The van der Waals surface area contributed by atoms with E-state index in [0.717, 1.165) is 17.0 Å². The zero-order valence-electron chi connectivity index (χ0n) is 13.0. The summed E-state index contributed by atoms with van der Waals surface area (Å²) in [6.07, 6.45) is 0.816. The molecule has 1 fully saturated rings. The minimum Gasteiger partial charge on any atom is -0.322 e. The van der Waals surface area contributed by atoms with Crippen LogP contribution in [0.2, 0.25) is 0 Å². The Morgan fingerprint density at radius 2 is 2.39 bits per heavy atom. The number of nitrogens with one attached hydrogen (secondary N) is 3. The van der Waals surface area contributed by atoms with Gasteiger partial charge in [0.05, 0.1) is 4.88 Å². The molecule has 0 spiro atoms. The number of aromatic nitrogens is 2. The van der Waals surface area contributed by atoms with Gasteiger partial charge in [0.15, 0.2) is 6.29 Å². The summed E-state index contributed by atoms with van der Waals surface area (Å²) in [7, 11) is 0. The normalized spacial score (nSPS) is 21.0. The van der Waals surface area contributed by atoms with E-state index in [9.17, 15) is 9.59 Å². The van der Waals surface area contributed by atoms with Crippen LogP contribution >= 0.6 is 11.3 Å². The fraction of sp³-hybridized carbons (Fsp3) is 0.400. The molecule has 0 bridgehead atoms. The lowest BCUT2D eigenvalue weighted by molar-refractivity contribution is -0.125. The first-order valence-corrected chi connectivity index (χ1v) is 8.41. The average Bonchev–Trinajstić information content (AvgIpc) is 3.15. The summed E-state index contributed by atoms with van der Waals surface area (Å²) in [5, 5.41) is 15.5. The topological polar surface area (TPSA) is 88.1 Å². The van der Waals surface area contributed by atoms with Crippen molar-refractivity contribution in [1.82, 2.24) is 20.4 Å². The van der Waals surface area contributed by atoms with Crippen LogP contribution < -0.4 is 16.0 Å². The van der Waals surface area contributed by atoms with Crippen molar-refractivity contribution in [1.29, 1.82) is 0 Å². The Morgan fingerprint density at radius 1 is 1.57 bits per heavy atom. The summed E-state index contributed by atoms with van der Waals surface area (Å²) >= 11 is 1.57. The van der Waals surface area contributed by atoms with Crippen LogP contribution in [0, 0.1) is 0 Å². The minimum atomic E-state index is -0.475. The molecular formula is C15H19N5O2S. The molecule has 2 unspecified atom stereocenters. The number of amides is 2. The highest BCUT2D eigenvalue weighted by Crippen LogP contribution is 2.28. The molecule has 2 atom stereocenters. The van der Waals surface area contributed by atoms with Gasteiger partial charge in [0.2, 0.25) is 11.8 Å². The van der Waals surface area contributed by atoms with E-state index in [1.54, 1.807) is 16.0 Å². The zero-order valence-corrected chi connectivity index (χ0v) is 13.8. The third-order valence-electron chi connectivity index (χ3n) is 3.67. The fourth-order valence-corrected chi connectivity index (χ4v) is 3.24. The summed E-state index contributed by atoms with van der Waals surface area (Å²) in [5.41, 5.74) is 0.762. The van der Waals surface area contributed by atoms with Crippen molar-refractivity contribution in [2.24, 2.45) is 0 Å². The van der Waals surface area contributed by atoms with E-state index >= 15 is 0 Å². The maximum absolute atomic E-state index is 11.9. The van der Waals surface area contributed by atoms with Crippen LogP contribution in [0.25, 0.3) is 10.6 Å². The molecule has 1 aliphatic rings. The second kappa shape index (κ2) is 6.51. The Balaban J connectivity index is 1.95. The molecule has 23 heavy (non-hydrogen) atoms. The van der Waals surface area contributed by atoms with Gasteiger partial charge in [-0.2, -0.15) is 5.10 Å². The third-order valence-corrected chi connectivity index (χ3v) is 4.57. The van der Waals surface area contributed by atoms with Crippen molar-refractivity contribution in [3.8, 4) is 10.6 Å². The SMILES string of the molecule is CCC1CC(=O)NC(n2nc(-c3cccs3)cc2NC(C)=O)N1. The monoisotopic (exact) mass is 333 g/mol. The molecule has 8 heteroatoms. The number of nitrogens with zero attached hydrogens (tertiary/aromatic N) is 2. The van der Waals surface area contributed by atoms with Crippen molar-refractivity contribution in [2.75, 3.05) is 5.32 Å². The van der Waals surface area contributed by atoms with Gasteiger partial charge >= 0.3 is 0 Å². The summed E-state index contributed by atoms with van der Waals surface area (Å²) in [5.74, 6) is 0.344. The molecule has 0 saturated carbocycles. The van der Waals surface area contributed by atoms with Crippen LogP contribution in [-0.4, -0.2) is 27.6 Å². The standard InChI is InChI=1S/C15H19N5O2S/c1-3-10-7-14(22)18-15(17-10)20-13(16-9(2)21)8-11(19-20)12-5-4-6-23-12/h4-6,8,10,15,17H,3,7H2,1-2H3,(H,16,21)(H,18,22). The molecule has 1 saturated heterocycles. The number of thiophene rings is 1. The van der Waals surface area contributed by atoms with Crippen molar-refractivity contribution in [2.45, 2.75) is 39.0 Å². The van der Waals surface area contributed by atoms with Gasteiger partial charge in [-0.05, 0) is 17.9 Å². The maximum atomic E-state index is 11.9. The number of carbonyl (C=O) groups is 2. The van der Waals surface area contributed by atoms with Gasteiger partial charge in [0.25, 0.3) is 0 Å². The van der Waals surface area contributed by atoms with E-state index in [4.69, 9.17) is 0 Å². The number of rotatable bonds is 4. The third kappa shape index (κ3) is 3.43. The van der Waals surface area contributed by atoms with Crippen LogP contribution in [0.1, 0.15) is 33.0 Å². The lowest BCUT2D eigenvalue weighted by atomic mass is 10.1. The first kappa shape index (κ1) is 15.7. The first-order valence-electron chi connectivity index (χ1n) is 7.53. The maximum Gasteiger partial charge on any atom is 0.224 e. The Hall–Kier alpha value is -2.19. The van der Waals surface area contributed by atoms with E-state index in [0.29, 0.717) is 12.2 Å². The highest BCUT2D eigenvalue weighted by molar-refractivity contribution is 7.13. The van der Waals surface area contributed by atoms with Gasteiger partial charge in [-0.25, -0.2) is 4.68 Å². The molecule has 0 aromatic carbocycles. The second-order valence-electron chi connectivity index (χ2n) is 5.46. The van der Waals surface area contributed by atoms with Crippen LogP contribution in [0.5, 0.6) is 0 Å². The molecule has 122 valence electrons. The second-order valence-corrected chi connectivity index (χ2v) is 6.41. The predicted octanol–water partition coefficient (Wildman–Crippen LogP) is 1.91. The molecule has 0 aliphatic carbocycles. The Kier molecular flexibility index (Phi) is 4.44. The smallest absolute Gasteiger partial charge is 0.224 e. The molecule has 3 heterocycles. The molecule has 2 aromatic rings. The Bertz CT molecular complexity index is 710. The van der Waals surface area contributed by atoms with Gasteiger partial charge in [-0.1, -0.05) is 13.0 Å². The fourth-order valence-electron chi connectivity index (χ4n) is 2.56. The van der Waals surface area contributed by atoms with Crippen LogP contribution in [0.3, 0.4) is 0 Å². The van der Waals surface area contributed by atoms with Crippen LogP contribution in [0.15, 0.2) is 23.6 Å². The van der Waals surface area contributed by atoms with E-state index < -0.39 is 6.29 Å². The largest absolute Gasteiger partial charge is 0.322 e. The lowest BCUT2D eigenvalue weighted by Gasteiger charge is -2.31. The van der Waals surface area contributed by atoms with Crippen LogP contribution in [-0.2, 0) is 9.59 Å². The van der Waals surface area contributed by atoms with E-state index in [-0.39, 0.29) is 17.9 Å². The van der Waals surface area contributed by atoms with Crippen molar-refractivity contribution in [3.05, 3.63) is 23.6 Å². The van der Waals surface area contributed by atoms with E-state index in [2.05, 4.69) is 21.0 Å². The van der Waals surface area contributed by atoms with E-state index in [1.807, 2.05) is 30.5 Å². The summed E-state index contributed by atoms with van der Waals surface area (Å²) < 4.78 is 1.62. The molecule has 3 rings (SSSR count). The summed E-state index contributed by atoms with van der Waals surface area (Å²) in [6, 6.07) is 5.83. The van der Waals surface area contributed by atoms with Gasteiger partial charge < -0.3 is 10.6 Å². The van der Waals surface area contributed by atoms with Crippen molar-refractivity contribution < 1.29 is 9.59 Å². The van der Waals surface area contributed by atoms with E-state index in [1.165, 1.54) is 6.92 Å². The van der Waals surface area contributed by atoms with Crippen LogP contribution in [0.4, 0.5) is 5.82 Å². The van der Waals surface area contributed by atoms with Gasteiger partial charge in [-0.15, -0.1) is 11.3 Å². The highest BCUT2D eigenvalue weighted by atomic mass is 32.1. The van der Waals surface area contributed by atoms with Crippen molar-refractivity contribution in [3.63, 3.8) is 0 Å². The predicted molar refractivity (Wildman–Crippen MR) is 88.9 cm³/mol. The highest BCUT2D eigenvalue weighted by Gasteiger charge is 2.28. The summed E-state index contributed by atoms with van der Waals surface area (Å²) in [4.78, 5) is 24.4. The van der Waals surface area contributed by atoms with Gasteiger partial charge in [0.1, 0.15) is 11.5 Å². The Labute approximate surface area is 138 Å². The molecule has 3 N–H and O–H groups in total. The number of anilines is 1. The number of carbonyl (C=O) groups excluding carboxylic acids is 2. The van der Waals surface area contributed by atoms with Gasteiger partial charge in [0, 0.05) is 25.5 Å². The molecule has 2 amide bonds. The first-order chi connectivity index (χ1) is 11.1. The molecule has 1 aliphatic heterocycles. The Morgan fingerprint density at radius 3 is 3.04 bits per heavy atom. The summed E-state index contributed by atoms with van der Waals surface area (Å²) in [6.45, 7) is 3.48. The van der Waals surface area contributed by atoms with Gasteiger partial charge in [-0.3, -0.25) is 14.9 Å². The lowest BCUT2D eigenvalue weighted by Crippen LogP contribution is -2.53. The zero-order chi connectivity index (χ0) is 16.4. The molecule has 7 nitrogen and oxygen atoms in total. The van der Waals surface area contributed by atoms with Crippen molar-refractivity contribution >= 4 is 29.0 Å². The average molecular weight is 333 g/mol. The number of hydrogen-bond donors (Lipinski definition) is 3. The molecule has 2 aromatic heterocycles. The quantitative estimate of drug-likeness (QED) is 0.797.